The van der Waals surface area contributed by atoms with Crippen LogP contribution in [0.1, 0.15) is 27.2 Å². The number of carbonyl (C=O) groups excluding carboxylic acids is 2. The van der Waals surface area contributed by atoms with Crippen LogP contribution in [-0.4, -0.2) is 41.8 Å². The van der Waals surface area contributed by atoms with Crippen LogP contribution in [0, 0.1) is 5.92 Å². The zero-order valence-corrected chi connectivity index (χ0v) is 11.0. The Balaban J connectivity index is 2.81. The maximum atomic E-state index is 12.8. The topological polar surface area (TPSA) is 46.6 Å². The molecule has 0 N–H and O–H groups in total. The van der Waals surface area contributed by atoms with Crippen molar-refractivity contribution in [3.05, 3.63) is 5.57 Å². The van der Waals surface area contributed by atoms with Gasteiger partial charge in [0, 0.05) is 18.7 Å². The van der Waals surface area contributed by atoms with Crippen LogP contribution in [0.25, 0.3) is 0 Å². The van der Waals surface area contributed by atoms with Gasteiger partial charge in [0.1, 0.15) is 17.5 Å². The molecule has 0 aromatic rings. The molecule has 0 aromatic carbocycles. The minimum absolute atomic E-state index is 0.0338. The summed E-state index contributed by atoms with van der Waals surface area (Å²) in [7, 11) is 0. The van der Waals surface area contributed by atoms with Gasteiger partial charge in [-0.1, -0.05) is 0 Å². The smallest absolute Gasteiger partial charge is 0.410 e. The number of ether oxygens (including phenoxy) is 1. The number of rotatable bonds is 0. The largest absolute Gasteiger partial charge is 0.444 e. The highest BCUT2D eigenvalue weighted by atomic mass is 19.4. The number of alkyl halides is 3. The summed E-state index contributed by atoms with van der Waals surface area (Å²) in [4.78, 5) is 23.2. The van der Waals surface area contributed by atoms with Crippen LogP contribution in [-0.2, 0) is 9.53 Å². The molecule has 0 radical (unpaired) electrons. The van der Waals surface area contributed by atoms with Gasteiger partial charge in [-0.3, -0.25) is 0 Å². The van der Waals surface area contributed by atoms with Gasteiger partial charge in [-0.2, -0.15) is 13.2 Å². The number of likely N-dealkylation sites (tertiary alicyclic amines) is 1. The third-order valence-corrected chi connectivity index (χ3v) is 2.65. The number of amides is 1. The average molecular weight is 279 g/mol. The third-order valence-electron chi connectivity index (χ3n) is 2.65. The minimum atomic E-state index is -4.56. The molecule has 108 valence electrons. The van der Waals surface area contributed by atoms with E-state index in [1.165, 1.54) is 5.94 Å². The molecule has 1 amide bonds. The quantitative estimate of drug-likeness (QED) is 0.640. The third kappa shape index (κ3) is 4.28. The van der Waals surface area contributed by atoms with Gasteiger partial charge in [0.05, 0.1) is 0 Å². The van der Waals surface area contributed by atoms with Gasteiger partial charge in [-0.25, -0.2) is 9.59 Å². The van der Waals surface area contributed by atoms with E-state index in [9.17, 15) is 22.8 Å². The van der Waals surface area contributed by atoms with Gasteiger partial charge in [-0.15, -0.1) is 0 Å². The summed E-state index contributed by atoms with van der Waals surface area (Å²) in [6.07, 6.45) is -5.49. The van der Waals surface area contributed by atoms with E-state index in [0.29, 0.717) is 0 Å². The van der Waals surface area contributed by atoms with Gasteiger partial charge in [0.2, 0.25) is 0 Å². The fourth-order valence-electron chi connectivity index (χ4n) is 1.77. The molecule has 1 aliphatic rings. The number of hydrogen-bond acceptors (Lipinski definition) is 3. The van der Waals surface area contributed by atoms with Crippen molar-refractivity contribution in [1.82, 2.24) is 4.90 Å². The van der Waals surface area contributed by atoms with Crippen molar-refractivity contribution in [2.24, 2.45) is 5.92 Å². The first-order chi connectivity index (χ1) is 8.54. The molecule has 1 saturated heterocycles. The molecule has 0 bridgehead atoms. The standard InChI is InChI=1S/C12H16F3NO3/c1-11(2,3)19-10(18)16-5-4-8(7-17)9(6-16)12(13,14)15/h9H,4-6H2,1-3H3. The van der Waals surface area contributed by atoms with Crippen LogP contribution in [0.3, 0.4) is 0 Å². The maximum Gasteiger partial charge on any atom is 0.410 e. The number of piperidine rings is 1. The first-order valence-corrected chi connectivity index (χ1v) is 5.83. The van der Waals surface area contributed by atoms with Crippen LogP contribution < -0.4 is 0 Å². The Labute approximate surface area is 109 Å². The van der Waals surface area contributed by atoms with Crippen molar-refractivity contribution < 1.29 is 27.5 Å². The summed E-state index contributed by atoms with van der Waals surface area (Å²) >= 11 is 0. The molecular weight excluding hydrogens is 263 g/mol. The molecule has 1 rings (SSSR count). The van der Waals surface area contributed by atoms with E-state index in [-0.39, 0.29) is 18.5 Å². The Hall–Kier alpha value is -1.49. The lowest BCUT2D eigenvalue weighted by Gasteiger charge is -2.35. The van der Waals surface area contributed by atoms with E-state index in [1.807, 2.05) is 0 Å². The van der Waals surface area contributed by atoms with Crippen LogP contribution in [0.2, 0.25) is 0 Å². The molecule has 0 aliphatic carbocycles. The normalized spacial score (nSPS) is 21.1. The van der Waals surface area contributed by atoms with E-state index in [2.05, 4.69) is 0 Å². The highest BCUT2D eigenvalue weighted by molar-refractivity contribution is 5.69. The number of nitrogens with zero attached hydrogens (tertiary/aromatic N) is 1. The molecule has 0 saturated carbocycles. The van der Waals surface area contributed by atoms with Crippen molar-refractivity contribution in [3.8, 4) is 0 Å². The summed E-state index contributed by atoms with van der Waals surface area (Å²) in [5, 5.41) is 0. The highest BCUT2D eigenvalue weighted by Crippen LogP contribution is 2.36. The number of hydrogen-bond donors (Lipinski definition) is 0. The van der Waals surface area contributed by atoms with Gasteiger partial charge in [-0.05, 0) is 27.2 Å². The second-order valence-corrected chi connectivity index (χ2v) is 5.40. The zero-order chi connectivity index (χ0) is 14.8. The molecule has 0 aromatic heterocycles. The van der Waals surface area contributed by atoms with Crippen molar-refractivity contribution in [3.63, 3.8) is 0 Å². The molecule has 7 heteroatoms. The van der Waals surface area contributed by atoms with Crippen molar-refractivity contribution in [1.29, 1.82) is 0 Å². The van der Waals surface area contributed by atoms with Crippen molar-refractivity contribution in [2.45, 2.75) is 39.0 Å². The summed E-state index contributed by atoms with van der Waals surface area (Å²) in [5.41, 5.74) is -1.11. The fraction of sp³-hybridized carbons (Fsp3) is 0.750. The van der Waals surface area contributed by atoms with Gasteiger partial charge in [0.15, 0.2) is 0 Å². The minimum Gasteiger partial charge on any atom is -0.444 e. The van der Waals surface area contributed by atoms with Crippen LogP contribution in [0.15, 0.2) is 5.57 Å². The van der Waals surface area contributed by atoms with E-state index < -0.39 is 30.3 Å². The van der Waals surface area contributed by atoms with E-state index >= 15 is 0 Å². The second-order valence-electron chi connectivity index (χ2n) is 5.40. The highest BCUT2D eigenvalue weighted by Gasteiger charge is 2.46. The fourth-order valence-corrected chi connectivity index (χ4v) is 1.77. The maximum absolute atomic E-state index is 12.8. The summed E-state index contributed by atoms with van der Waals surface area (Å²) in [5.74, 6) is -0.616. The van der Waals surface area contributed by atoms with E-state index in [4.69, 9.17) is 4.74 Å². The lowest BCUT2D eigenvalue weighted by molar-refractivity contribution is -0.171. The van der Waals surface area contributed by atoms with Gasteiger partial charge in [0.25, 0.3) is 0 Å². The van der Waals surface area contributed by atoms with Crippen LogP contribution in [0.4, 0.5) is 18.0 Å². The van der Waals surface area contributed by atoms with Crippen molar-refractivity contribution >= 4 is 12.0 Å². The van der Waals surface area contributed by atoms with Crippen LogP contribution in [0.5, 0.6) is 0 Å². The number of carbonyl (C=O) groups is 1. The van der Waals surface area contributed by atoms with Crippen LogP contribution >= 0.6 is 0 Å². The second kappa shape index (κ2) is 5.25. The van der Waals surface area contributed by atoms with Gasteiger partial charge >= 0.3 is 12.3 Å². The molecule has 1 fully saturated rings. The Morgan fingerprint density at radius 3 is 2.37 bits per heavy atom. The van der Waals surface area contributed by atoms with Gasteiger partial charge < -0.3 is 9.64 Å². The molecule has 0 spiro atoms. The first kappa shape index (κ1) is 15.6. The SMILES string of the molecule is CC(C)(C)OC(=O)N1CCC(=C=O)C(C(F)(F)F)C1. The molecule has 19 heavy (non-hydrogen) atoms. The Bertz CT molecular complexity index is 405. The number of halogens is 3. The summed E-state index contributed by atoms with van der Waals surface area (Å²) < 4.78 is 43.3. The van der Waals surface area contributed by atoms with E-state index in [1.54, 1.807) is 20.8 Å². The Morgan fingerprint density at radius 1 is 1.37 bits per heavy atom. The predicted molar refractivity (Wildman–Crippen MR) is 61.2 cm³/mol. The molecule has 1 unspecified atom stereocenters. The monoisotopic (exact) mass is 279 g/mol. The Kier molecular flexibility index (Phi) is 4.30. The first-order valence-electron chi connectivity index (χ1n) is 5.83. The predicted octanol–water partition coefficient (Wildman–Crippen LogP) is 2.56. The lowest BCUT2D eigenvalue weighted by atomic mass is 9.92. The van der Waals surface area contributed by atoms with Crippen molar-refractivity contribution in [2.75, 3.05) is 13.1 Å². The summed E-state index contributed by atoms with van der Waals surface area (Å²) in [6, 6.07) is 0. The van der Waals surface area contributed by atoms with E-state index in [0.717, 1.165) is 4.90 Å². The Morgan fingerprint density at radius 2 is 1.95 bits per heavy atom. The molecule has 1 aliphatic heterocycles. The summed E-state index contributed by atoms with van der Waals surface area (Å²) in [6.45, 7) is 4.33. The average Bonchev–Trinajstić information content (AvgIpc) is 2.24. The zero-order valence-electron chi connectivity index (χ0n) is 11.0. The molecule has 4 nitrogen and oxygen atoms in total. The molecule has 1 heterocycles. The molecular formula is C12H16F3NO3. The lowest BCUT2D eigenvalue weighted by Crippen LogP contribution is -2.47. The molecule has 1 atom stereocenters.